The number of aliphatic carboxylic acids is 1. The first kappa shape index (κ1) is 79.9. The van der Waals surface area contributed by atoms with E-state index in [0.717, 1.165) is 116 Å². The predicted molar refractivity (Wildman–Crippen MR) is 361 cm³/mol. The summed E-state index contributed by atoms with van der Waals surface area (Å²) in [5.74, 6) is -2.36. The van der Waals surface area contributed by atoms with Crippen molar-refractivity contribution in [2.75, 3.05) is 47.5 Å². The molecule has 2 unspecified atom stereocenters. The van der Waals surface area contributed by atoms with Gasteiger partial charge in [0, 0.05) is 12.8 Å². The first-order valence-corrected chi connectivity index (χ1v) is 33.6. The summed E-state index contributed by atoms with van der Waals surface area (Å²) < 4.78 is 22.7. The van der Waals surface area contributed by atoms with Crippen LogP contribution in [0.4, 0.5) is 0 Å². The fourth-order valence-corrected chi connectivity index (χ4v) is 8.63. The van der Waals surface area contributed by atoms with Gasteiger partial charge in [0.05, 0.1) is 40.3 Å². The molecule has 0 aliphatic heterocycles. The Balaban J connectivity index is 4.31. The van der Waals surface area contributed by atoms with Crippen LogP contribution in [-0.2, 0) is 33.3 Å². The summed E-state index contributed by atoms with van der Waals surface area (Å²) in [6.45, 7) is 4.56. The third kappa shape index (κ3) is 66.3. The van der Waals surface area contributed by atoms with Crippen LogP contribution in [0.1, 0.15) is 245 Å². The number of carbonyl (C=O) groups is 3. The summed E-state index contributed by atoms with van der Waals surface area (Å²) in [6.07, 6.45) is 93.1. The van der Waals surface area contributed by atoms with Crippen molar-refractivity contribution in [2.45, 2.75) is 257 Å². The Morgan fingerprint density at radius 3 is 1.02 bits per heavy atom. The van der Waals surface area contributed by atoms with Gasteiger partial charge in [0.15, 0.2) is 12.4 Å². The van der Waals surface area contributed by atoms with E-state index in [1.54, 1.807) is 0 Å². The van der Waals surface area contributed by atoms with E-state index < -0.39 is 24.3 Å². The lowest BCUT2D eigenvalue weighted by Gasteiger charge is -2.26. The number of ether oxygens (including phenoxy) is 4. The van der Waals surface area contributed by atoms with Crippen LogP contribution in [0.2, 0.25) is 0 Å². The lowest BCUT2D eigenvalue weighted by molar-refractivity contribution is -0.870. The summed E-state index contributed by atoms with van der Waals surface area (Å²) >= 11 is 0. The molecular weight excluding hydrogens is 1050 g/mol. The highest BCUT2D eigenvalue weighted by Crippen LogP contribution is 2.15. The predicted octanol–water partition coefficient (Wildman–Crippen LogP) is 19.6. The van der Waals surface area contributed by atoms with Gasteiger partial charge in [0.2, 0.25) is 0 Å². The maximum atomic E-state index is 12.9. The van der Waals surface area contributed by atoms with E-state index in [4.69, 9.17) is 18.9 Å². The number of carboxylic acids is 1. The Morgan fingerprint density at radius 1 is 0.365 bits per heavy atom. The second kappa shape index (κ2) is 64.9. The zero-order valence-corrected chi connectivity index (χ0v) is 54.7. The molecule has 0 aliphatic rings. The van der Waals surface area contributed by atoms with Gasteiger partial charge in [0.1, 0.15) is 13.2 Å². The van der Waals surface area contributed by atoms with Gasteiger partial charge in [0.25, 0.3) is 0 Å². The number of hydrogen-bond donors (Lipinski definition) is 0. The molecule has 0 amide bonds. The Bertz CT molecular complexity index is 1950. The molecule has 0 aromatic rings. The second-order valence-corrected chi connectivity index (χ2v) is 23.0. The third-order valence-electron chi connectivity index (χ3n) is 13.8. The van der Waals surface area contributed by atoms with E-state index in [2.05, 4.69) is 172 Å². The van der Waals surface area contributed by atoms with Gasteiger partial charge in [-0.1, -0.05) is 262 Å². The normalized spacial score (nSPS) is 13.8. The van der Waals surface area contributed by atoms with Crippen molar-refractivity contribution in [1.29, 1.82) is 0 Å². The van der Waals surface area contributed by atoms with Gasteiger partial charge in [-0.15, -0.1) is 0 Å². The van der Waals surface area contributed by atoms with Crippen molar-refractivity contribution >= 4 is 17.9 Å². The van der Waals surface area contributed by atoms with Gasteiger partial charge in [-0.2, -0.15) is 0 Å². The van der Waals surface area contributed by atoms with Gasteiger partial charge >= 0.3 is 11.9 Å². The molecule has 0 spiro atoms. The molecule has 85 heavy (non-hydrogen) atoms. The van der Waals surface area contributed by atoms with Crippen LogP contribution in [0, 0.1) is 0 Å². The van der Waals surface area contributed by atoms with Crippen LogP contribution in [-0.4, -0.2) is 82.3 Å². The van der Waals surface area contributed by atoms with E-state index in [9.17, 15) is 19.5 Å². The van der Waals surface area contributed by atoms with E-state index in [-0.39, 0.29) is 38.6 Å². The highest BCUT2D eigenvalue weighted by Gasteiger charge is 2.22. The van der Waals surface area contributed by atoms with E-state index in [1.165, 1.54) is 96.3 Å². The van der Waals surface area contributed by atoms with Crippen LogP contribution in [0.3, 0.4) is 0 Å². The van der Waals surface area contributed by atoms with E-state index in [0.29, 0.717) is 17.4 Å². The SMILES string of the molecule is CC/C=C\C/C=C\C/C=C\C/C=C\C/C=C\C/C=C\C/C=C\C/C=C\C/C=C\C/C=C\CCCCC(=O)OC(COC(=O)CCCCCCCCCCCCCC/C=C\C/C=C\C/C=C\CCCCCCC)COC(OCC[N+](C)(C)C)C(=O)[O-]. The van der Waals surface area contributed by atoms with Crippen LogP contribution in [0.5, 0.6) is 0 Å². The quantitative estimate of drug-likeness (QED) is 0.0195. The molecule has 0 bridgehead atoms. The van der Waals surface area contributed by atoms with Crippen molar-refractivity contribution in [3.63, 3.8) is 0 Å². The first-order valence-electron chi connectivity index (χ1n) is 33.6. The third-order valence-corrected chi connectivity index (χ3v) is 13.8. The number of likely N-dealkylation sites (N-methyl/N-ethyl adjacent to an activating group) is 1. The number of carboxylic acid groups (broad SMARTS) is 1. The standard InChI is InChI=1S/C76H123NO8/c1-6-8-10-12-14-16-18-20-22-24-26-28-30-32-34-35-36-37-38-39-41-43-45-47-49-51-53-55-57-59-61-63-65-67-74(79)85-72(71-84-76(75(80)81)82-69-68-77(3,4)5)70-83-73(78)66-64-62-60-58-56-54-52-50-48-46-44-42-40-33-31-29-27-25-23-21-19-17-15-13-11-9-7-2/h8,10,14,16,19-22,25-28,31-34,36-37,39,41,45,47,51,53,57,59,72,76H,6-7,9,11-13,15,17-18,23-24,29-30,35,38,40,42-44,46,48-50,52,54-56,58,60-71H2,1-5H3/b10-8-,16-14-,21-19-,22-20-,27-25-,28-26-,33-31-,34-32-,37-36-,41-39-,47-45-,53-51-,59-57-. The van der Waals surface area contributed by atoms with Crippen molar-refractivity contribution in [1.82, 2.24) is 0 Å². The molecule has 0 rings (SSSR count). The lowest BCUT2D eigenvalue weighted by Crippen LogP contribution is -2.44. The zero-order chi connectivity index (χ0) is 61.9. The largest absolute Gasteiger partial charge is 0.545 e. The summed E-state index contributed by atoms with van der Waals surface area (Å²) in [5.41, 5.74) is 0. The second-order valence-electron chi connectivity index (χ2n) is 23.0. The number of unbranched alkanes of at least 4 members (excludes halogenated alkanes) is 19. The minimum atomic E-state index is -1.65. The van der Waals surface area contributed by atoms with E-state index >= 15 is 0 Å². The molecule has 0 aromatic heterocycles. The molecule has 9 nitrogen and oxygen atoms in total. The fraction of sp³-hybridized carbons (Fsp3) is 0.618. The van der Waals surface area contributed by atoms with Crippen molar-refractivity contribution in [3.8, 4) is 0 Å². The molecule has 0 heterocycles. The highest BCUT2D eigenvalue weighted by atomic mass is 16.7. The monoisotopic (exact) mass is 1180 g/mol. The number of quaternary nitrogens is 1. The minimum Gasteiger partial charge on any atom is -0.545 e. The fourth-order valence-electron chi connectivity index (χ4n) is 8.63. The maximum absolute atomic E-state index is 12.9. The molecule has 0 saturated carbocycles. The average molecular weight is 1180 g/mol. The zero-order valence-electron chi connectivity index (χ0n) is 54.7. The van der Waals surface area contributed by atoms with Crippen molar-refractivity contribution < 1.29 is 42.9 Å². The summed E-state index contributed by atoms with van der Waals surface area (Å²) in [4.78, 5) is 37.4. The summed E-state index contributed by atoms with van der Waals surface area (Å²) in [5, 5.41) is 11.8. The molecule has 480 valence electrons. The molecule has 0 N–H and O–H groups in total. The van der Waals surface area contributed by atoms with E-state index in [1.807, 2.05) is 21.1 Å². The Kier molecular flexibility index (Phi) is 61.0. The number of rotatable bonds is 60. The van der Waals surface area contributed by atoms with Gasteiger partial charge in [-0.05, 0) is 128 Å². The molecule has 2 atom stereocenters. The molecular formula is C76H123NO8. The van der Waals surface area contributed by atoms with Gasteiger partial charge in [-0.3, -0.25) is 9.59 Å². The van der Waals surface area contributed by atoms with Crippen molar-refractivity contribution in [2.24, 2.45) is 0 Å². The molecule has 0 radical (unpaired) electrons. The number of nitrogens with zero attached hydrogens (tertiary/aromatic N) is 1. The Labute approximate surface area is 521 Å². The molecule has 0 fully saturated rings. The van der Waals surface area contributed by atoms with Crippen molar-refractivity contribution in [3.05, 3.63) is 158 Å². The smallest absolute Gasteiger partial charge is 0.306 e. The number of carbonyl (C=O) groups excluding carboxylic acids is 3. The molecule has 0 aliphatic carbocycles. The summed E-state index contributed by atoms with van der Waals surface area (Å²) in [7, 11) is 5.90. The Hall–Kier alpha value is -5.09. The molecule has 9 heteroatoms. The van der Waals surface area contributed by atoms with Gasteiger partial charge < -0.3 is 33.3 Å². The average Bonchev–Trinajstić information content (AvgIpc) is 3.49. The Morgan fingerprint density at radius 2 is 0.671 bits per heavy atom. The molecule has 0 saturated heterocycles. The van der Waals surface area contributed by atoms with Crippen LogP contribution >= 0.6 is 0 Å². The van der Waals surface area contributed by atoms with Gasteiger partial charge in [-0.25, -0.2) is 0 Å². The number of allylic oxidation sites excluding steroid dienone is 26. The van der Waals surface area contributed by atoms with Crippen LogP contribution in [0.15, 0.2) is 158 Å². The van der Waals surface area contributed by atoms with Crippen LogP contribution in [0.25, 0.3) is 0 Å². The number of hydrogen-bond acceptors (Lipinski definition) is 8. The minimum absolute atomic E-state index is 0.130. The highest BCUT2D eigenvalue weighted by molar-refractivity contribution is 5.70. The maximum Gasteiger partial charge on any atom is 0.306 e. The molecule has 0 aromatic carbocycles. The van der Waals surface area contributed by atoms with Crippen LogP contribution < -0.4 is 5.11 Å². The first-order chi connectivity index (χ1) is 41.6. The number of esters is 2. The summed E-state index contributed by atoms with van der Waals surface area (Å²) in [6, 6.07) is 0. The lowest BCUT2D eigenvalue weighted by atomic mass is 10.0. The topological polar surface area (TPSA) is 111 Å².